The summed E-state index contributed by atoms with van der Waals surface area (Å²) in [5, 5.41) is 0. The topological polar surface area (TPSA) is 32.8 Å². The molecule has 0 spiro atoms. The van der Waals surface area contributed by atoms with Crippen molar-refractivity contribution in [3.05, 3.63) is 0 Å². The third-order valence-electron chi connectivity index (χ3n) is 3.87. The zero-order chi connectivity index (χ0) is 13.5. The minimum absolute atomic E-state index is 0.110. The number of carbonyl (C=O) groups excluding carboxylic acids is 1. The average Bonchev–Trinajstić information content (AvgIpc) is 2.40. The average molecular weight is 256 g/mol. The monoisotopic (exact) mass is 256 g/mol. The first-order valence-electron chi connectivity index (χ1n) is 7.20. The van der Waals surface area contributed by atoms with Gasteiger partial charge in [0.1, 0.15) is 0 Å². The van der Waals surface area contributed by atoms with Crippen LogP contribution in [0.3, 0.4) is 0 Å². The van der Waals surface area contributed by atoms with Gasteiger partial charge in [-0.25, -0.2) is 0 Å². The van der Waals surface area contributed by atoms with E-state index in [1.54, 1.807) is 0 Å². The summed E-state index contributed by atoms with van der Waals surface area (Å²) < 4.78 is 5.28. The van der Waals surface area contributed by atoms with Crippen LogP contribution >= 0.6 is 0 Å². The number of hydrogen-bond donors (Lipinski definition) is 0. The van der Waals surface area contributed by atoms with Gasteiger partial charge in [0, 0.05) is 25.0 Å². The molecule has 0 N–H and O–H groups in total. The van der Waals surface area contributed by atoms with Crippen molar-refractivity contribution in [3.63, 3.8) is 0 Å². The molecule has 1 rings (SSSR count). The highest BCUT2D eigenvalue weighted by atomic mass is 16.5. The molecule has 1 aliphatic rings. The normalized spacial score (nSPS) is 19.9. The summed E-state index contributed by atoms with van der Waals surface area (Å²) in [5.74, 6) is 0.399. The van der Waals surface area contributed by atoms with Gasteiger partial charge in [0.2, 0.25) is 5.91 Å². The maximum Gasteiger partial charge on any atom is 0.225 e. The zero-order valence-electron chi connectivity index (χ0n) is 12.3. The van der Waals surface area contributed by atoms with Crippen LogP contribution in [0.4, 0.5) is 0 Å². The molecule has 2 atom stereocenters. The van der Waals surface area contributed by atoms with E-state index >= 15 is 0 Å². The van der Waals surface area contributed by atoms with Crippen molar-refractivity contribution in [2.24, 2.45) is 5.92 Å². The molecule has 1 fully saturated rings. The molecule has 1 heterocycles. The predicted molar refractivity (Wildman–Crippen MR) is 73.6 cm³/mol. The van der Waals surface area contributed by atoms with Crippen LogP contribution < -0.4 is 0 Å². The molecular weight excluding hydrogens is 228 g/mol. The van der Waals surface area contributed by atoms with Crippen LogP contribution in [0.2, 0.25) is 0 Å². The van der Waals surface area contributed by atoms with E-state index in [4.69, 9.17) is 4.74 Å². The number of hydrogen-bond acceptors (Lipinski definition) is 3. The number of amides is 1. The second-order valence-electron chi connectivity index (χ2n) is 5.14. The SMILES string of the molecule is CCN(CC)C(C)CC(C)C(=O)N1CCOCC1. The Kier molecular flexibility index (Phi) is 6.65. The molecule has 2 unspecified atom stereocenters. The molecular formula is C14H28N2O2. The quantitative estimate of drug-likeness (QED) is 0.723. The van der Waals surface area contributed by atoms with E-state index < -0.39 is 0 Å². The fraction of sp³-hybridized carbons (Fsp3) is 0.929. The maximum atomic E-state index is 12.3. The minimum atomic E-state index is 0.110. The van der Waals surface area contributed by atoms with Crippen molar-refractivity contribution >= 4 is 5.91 Å². The van der Waals surface area contributed by atoms with Gasteiger partial charge in [-0.3, -0.25) is 4.79 Å². The second kappa shape index (κ2) is 7.74. The Morgan fingerprint density at radius 2 is 1.78 bits per heavy atom. The van der Waals surface area contributed by atoms with Crippen molar-refractivity contribution < 1.29 is 9.53 Å². The molecule has 4 heteroatoms. The lowest BCUT2D eigenvalue weighted by molar-refractivity contribution is -0.139. The van der Waals surface area contributed by atoms with Gasteiger partial charge in [0.25, 0.3) is 0 Å². The highest BCUT2D eigenvalue weighted by molar-refractivity contribution is 5.78. The number of morpholine rings is 1. The summed E-state index contributed by atoms with van der Waals surface area (Å²) in [6, 6.07) is 0.472. The smallest absolute Gasteiger partial charge is 0.225 e. The summed E-state index contributed by atoms with van der Waals surface area (Å²) in [6.07, 6.45) is 0.942. The number of rotatable bonds is 6. The van der Waals surface area contributed by atoms with Crippen LogP contribution in [0.1, 0.15) is 34.1 Å². The van der Waals surface area contributed by atoms with Gasteiger partial charge in [0.05, 0.1) is 13.2 Å². The summed E-state index contributed by atoms with van der Waals surface area (Å²) in [7, 11) is 0. The van der Waals surface area contributed by atoms with Crippen LogP contribution in [-0.2, 0) is 9.53 Å². The Labute approximate surface area is 111 Å². The third-order valence-corrected chi connectivity index (χ3v) is 3.87. The first kappa shape index (κ1) is 15.4. The Balaban J connectivity index is 2.43. The van der Waals surface area contributed by atoms with Crippen molar-refractivity contribution in [3.8, 4) is 0 Å². The minimum Gasteiger partial charge on any atom is -0.378 e. The molecule has 4 nitrogen and oxygen atoms in total. The van der Waals surface area contributed by atoms with Gasteiger partial charge in [-0.1, -0.05) is 20.8 Å². The van der Waals surface area contributed by atoms with Gasteiger partial charge in [-0.2, -0.15) is 0 Å². The largest absolute Gasteiger partial charge is 0.378 e. The highest BCUT2D eigenvalue weighted by Crippen LogP contribution is 2.15. The fourth-order valence-electron chi connectivity index (χ4n) is 2.70. The molecule has 0 aliphatic carbocycles. The summed E-state index contributed by atoms with van der Waals surface area (Å²) >= 11 is 0. The first-order chi connectivity index (χ1) is 8.60. The molecule has 1 saturated heterocycles. The molecule has 0 saturated carbocycles. The molecule has 0 aromatic carbocycles. The first-order valence-corrected chi connectivity index (χ1v) is 7.20. The molecule has 0 bridgehead atoms. The number of nitrogens with zero attached hydrogens (tertiary/aromatic N) is 2. The Morgan fingerprint density at radius 3 is 2.28 bits per heavy atom. The van der Waals surface area contributed by atoms with E-state index in [-0.39, 0.29) is 11.8 Å². The van der Waals surface area contributed by atoms with E-state index in [9.17, 15) is 4.79 Å². The molecule has 0 aromatic heterocycles. The van der Waals surface area contributed by atoms with Crippen LogP contribution in [0.5, 0.6) is 0 Å². The fourth-order valence-corrected chi connectivity index (χ4v) is 2.70. The van der Waals surface area contributed by atoms with Gasteiger partial charge in [0.15, 0.2) is 0 Å². The number of ether oxygens (including phenoxy) is 1. The lowest BCUT2D eigenvalue weighted by Gasteiger charge is -2.32. The zero-order valence-corrected chi connectivity index (χ0v) is 12.3. The van der Waals surface area contributed by atoms with Crippen LogP contribution in [0, 0.1) is 5.92 Å². The molecule has 0 aromatic rings. The maximum absolute atomic E-state index is 12.3. The highest BCUT2D eigenvalue weighted by Gasteiger charge is 2.24. The molecule has 18 heavy (non-hydrogen) atoms. The third kappa shape index (κ3) is 4.25. The van der Waals surface area contributed by atoms with Gasteiger partial charge >= 0.3 is 0 Å². The van der Waals surface area contributed by atoms with Gasteiger partial charge < -0.3 is 14.5 Å². The number of carbonyl (C=O) groups is 1. The van der Waals surface area contributed by atoms with Gasteiger partial charge in [-0.15, -0.1) is 0 Å². The van der Waals surface area contributed by atoms with E-state index in [0.717, 1.165) is 32.6 Å². The summed E-state index contributed by atoms with van der Waals surface area (Å²) in [6.45, 7) is 13.6. The Morgan fingerprint density at radius 1 is 1.22 bits per heavy atom. The van der Waals surface area contributed by atoms with Crippen molar-refractivity contribution in [1.82, 2.24) is 9.80 Å². The van der Waals surface area contributed by atoms with Crippen LogP contribution in [0.15, 0.2) is 0 Å². The van der Waals surface area contributed by atoms with Gasteiger partial charge in [-0.05, 0) is 26.4 Å². The van der Waals surface area contributed by atoms with E-state index in [2.05, 4.69) is 32.6 Å². The van der Waals surface area contributed by atoms with E-state index in [1.807, 2.05) is 4.90 Å². The predicted octanol–water partition coefficient (Wildman–Crippen LogP) is 1.60. The summed E-state index contributed by atoms with van der Waals surface area (Å²) in [5.41, 5.74) is 0. The van der Waals surface area contributed by atoms with Crippen molar-refractivity contribution in [2.75, 3.05) is 39.4 Å². The molecule has 1 aliphatic heterocycles. The molecule has 0 radical (unpaired) electrons. The molecule has 1 amide bonds. The van der Waals surface area contributed by atoms with E-state index in [0.29, 0.717) is 19.3 Å². The van der Waals surface area contributed by atoms with Crippen molar-refractivity contribution in [2.45, 2.75) is 40.2 Å². The lowest BCUT2D eigenvalue weighted by Crippen LogP contribution is -2.44. The second-order valence-corrected chi connectivity index (χ2v) is 5.14. The van der Waals surface area contributed by atoms with E-state index in [1.165, 1.54) is 0 Å². The Hall–Kier alpha value is -0.610. The standard InChI is InChI=1S/C14H28N2O2/c1-5-15(6-2)13(4)11-12(3)14(17)16-7-9-18-10-8-16/h12-13H,5-11H2,1-4H3. The van der Waals surface area contributed by atoms with Crippen LogP contribution in [0.25, 0.3) is 0 Å². The van der Waals surface area contributed by atoms with Crippen LogP contribution in [-0.4, -0.2) is 61.1 Å². The Bertz CT molecular complexity index is 248. The lowest BCUT2D eigenvalue weighted by atomic mass is 10.00. The molecule has 106 valence electrons. The summed E-state index contributed by atoms with van der Waals surface area (Å²) in [4.78, 5) is 16.6. The van der Waals surface area contributed by atoms with Crippen molar-refractivity contribution in [1.29, 1.82) is 0 Å².